The second kappa shape index (κ2) is 8.23. The van der Waals surface area contributed by atoms with E-state index in [0.29, 0.717) is 5.69 Å². The monoisotopic (exact) mass is 343 g/mol. The van der Waals surface area contributed by atoms with Crippen molar-refractivity contribution in [1.29, 1.82) is 0 Å². The lowest BCUT2D eigenvalue weighted by molar-refractivity contribution is -1.02. The number of rotatable bonds is 5. The average molecular weight is 343 g/mol. The smallest absolute Gasteiger partial charge is 0.282 e. The van der Waals surface area contributed by atoms with Gasteiger partial charge in [0.05, 0.1) is 0 Å². The van der Waals surface area contributed by atoms with Crippen LogP contribution in [0.2, 0.25) is 0 Å². The zero-order valence-electron chi connectivity index (χ0n) is 14.6. The average Bonchev–Trinajstić information content (AvgIpc) is 2.64. The number of benzene rings is 2. The SMILES string of the molecule is C[C@@H](C(=O)Nc1ccc(F)cc1)[NH+]1CC[NH+](Cc2ccccc2)CC1. The van der Waals surface area contributed by atoms with Crippen LogP contribution in [0.5, 0.6) is 0 Å². The van der Waals surface area contributed by atoms with Crippen LogP contribution in [0.4, 0.5) is 10.1 Å². The molecule has 1 amide bonds. The Morgan fingerprint density at radius 2 is 1.68 bits per heavy atom. The molecule has 0 bridgehead atoms. The molecule has 0 spiro atoms. The predicted molar refractivity (Wildman–Crippen MR) is 96.0 cm³/mol. The van der Waals surface area contributed by atoms with Crippen molar-refractivity contribution in [2.75, 3.05) is 31.5 Å². The fraction of sp³-hybridized carbons (Fsp3) is 0.350. The Hall–Kier alpha value is -2.24. The molecular weight excluding hydrogens is 317 g/mol. The Bertz CT molecular complexity index is 682. The van der Waals surface area contributed by atoms with Crippen molar-refractivity contribution in [2.24, 2.45) is 0 Å². The van der Waals surface area contributed by atoms with E-state index >= 15 is 0 Å². The molecule has 3 N–H and O–H groups in total. The number of nitrogens with one attached hydrogen (secondary N) is 3. The summed E-state index contributed by atoms with van der Waals surface area (Å²) in [6.45, 7) is 7.12. The summed E-state index contributed by atoms with van der Waals surface area (Å²) in [5.41, 5.74) is 2.01. The maximum Gasteiger partial charge on any atom is 0.282 e. The van der Waals surface area contributed by atoms with Gasteiger partial charge in [0.25, 0.3) is 5.91 Å². The maximum absolute atomic E-state index is 12.9. The number of hydrogen-bond acceptors (Lipinski definition) is 1. The predicted octanol–water partition coefficient (Wildman–Crippen LogP) is 0.136. The summed E-state index contributed by atoms with van der Waals surface area (Å²) < 4.78 is 12.9. The zero-order valence-corrected chi connectivity index (χ0v) is 14.6. The minimum Gasteiger partial charge on any atom is -0.322 e. The van der Waals surface area contributed by atoms with Crippen molar-refractivity contribution in [1.82, 2.24) is 0 Å². The third kappa shape index (κ3) is 4.87. The molecular formula is C20H26FN3O+2. The summed E-state index contributed by atoms with van der Waals surface area (Å²) in [7, 11) is 0. The third-order valence-corrected chi connectivity index (χ3v) is 5.01. The van der Waals surface area contributed by atoms with Crippen LogP contribution in [-0.4, -0.2) is 38.1 Å². The topological polar surface area (TPSA) is 38.0 Å². The summed E-state index contributed by atoms with van der Waals surface area (Å²) in [5.74, 6) is -0.303. The van der Waals surface area contributed by atoms with E-state index in [-0.39, 0.29) is 17.8 Å². The second-order valence-electron chi connectivity index (χ2n) is 6.79. The molecule has 1 heterocycles. The first-order valence-corrected chi connectivity index (χ1v) is 8.90. The minimum absolute atomic E-state index is 0.00637. The quantitative estimate of drug-likeness (QED) is 0.710. The van der Waals surface area contributed by atoms with Gasteiger partial charge in [-0.3, -0.25) is 4.79 Å². The highest BCUT2D eigenvalue weighted by molar-refractivity contribution is 5.93. The van der Waals surface area contributed by atoms with Gasteiger partial charge in [-0.2, -0.15) is 0 Å². The number of piperazine rings is 1. The number of quaternary nitrogens is 2. The highest BCUT2D eigenvalue weighted by Crippen LogP contribution is 2.08. The van der Waals surface area contributed by atoms with Gasteiger partial charge >= 0.3 is 0 Å². The summed E-state index contributed by atoms with van der Waals surface area (Å²) >= 11 is 0. The Kier molecular flexibility index (Phi) is 5.79. The molecule has 132 valence electrons. The molecule has 1 atom stereocenters. The van der Waals surface area contributed by atoms with Crippen molar-refractivity contribution in [3.8, 4) is 0 Å². The van der Waals surface area contributed by atoms with Crippen molar-refractivity contribution < 1.29 is 19.0 Å². The van der Waals surface area contributed by atoms with Crippen molar-refractivity contribution >= 4 is 11.6 Å². The molecule has 3 rings (SSSR count). The lowest BCUT2D eigenvalue weighted by Gasteiger charge is -2.32. The van der Waals surface area contributed by atoms with E-state index in [1.165, 1.54) is 22.6 Å². The molecule has 0 saturated carbocycles. The lowest BCUT2D eigenvalue weighted by Crippen LogP contribution is -3.29. The van der Waals surface area contributed by atoms with Crippen molar-refractivity contribution in [2.45, 2.75) is 19.5 Å². The number of amides is 1. The molecule has 4 nitrogen and oxygen atoms in total. The first kappa shape index (κ1) is 17.6. The Morgan fingerprint density at radius 3 is 2.32 bits per heavy atom. The third-order valence-electron chi connectivity index (χ3n) is 5.01. The molecule has 2 aromatic carbocycles. The van der Waals surface area contributed by atoms with Crippen LogP contribution in [0.1, 0.15) is 12.5 Å². The zero-order chi connectivity index (χ0) is 17.6. The number of carbonyl (C=O) groups excluding carboxylic acids is 1. The summed E-state index contributed by atoms with van der Waals surface area (Å²) in [6.07, 6.45) is 0. The normalized spacial score (nSPS) is 21.5. The van der Waals surface area contributed by atoms with Crippen LogP contribution >= 0.6 is 0 Å². The molecule has 5 heteroatoms. The Labute approximate surface area is 148 Å². The number of carbonyl (C=O) groups is 1. The van der Waals surface area contributed by atoms with E-state index in [1.54, 1.807) is 17.0 Å². The highest BCUT2D eigenvalue weighted by Gasteiger charge is 2.31. The molecule has 0 unspecified atom stereocenters. The van der Waals surface area contributed by atoms with Gasteiger partial charge in [0.2, 0.25) is 0 Å². The van der Waals surface area contributed by atoms with Crippen LogP contribution in [0.25, 0.3) is 0 Å². The summed E-state index contributed by atoms with van der Waals surface area (Å²) in [4.78, 5) is 15.3. The van der Waals surface area contributed by atoms with E-state index < -0.39 is 0 Å². The number of hydrogen-bond donors (Lipinski definition) is 3. The van der Waals surface area contributed by atoms with Crippen LogP contribution in [0, 0.1) is 5.82 Å². The Morgan fingerprint density at radius 1 is 1.04 bits per heavy atom. The van der Waals surface area contributed by atoms with E-state index in [0.717, 1.165) is 32.7 Å². The van der Waals surface area contributed by atoms with Crippen LogP contribution in [0.3, 0.4) is 0 Å². The van der Waals surface area contributed by atoms with E-state index in [9.17, 15) is 9.18 Å². The molecule has 0 radical (unpaired) electrons. The van der Waals surface area contributed by atoms with Crippen LogP contribution in [0.15, 0.2) is 54.6 Å². The first-order valence-electron chi connectivity index (χ1n) is 8.90. The van der Waals surface area contributed by atoms with Gasteiger partial charge in [-0.25, -0.2) is 4.39 Å². The minimum atomic E-state index is -0.297. The van der Waals surface area contributed by atoms with Gasteiger partial charge < -0.3 is 15.1 Å². The summed E-state index contributed by atoms with van der Waals surface area (Å²) in [5, 5.41) is 2.88. The van der Waals surface area contributed by atoms with Gasteiger partial charge in [-0.05, 0) is 31.2 Å². The van der Waals surface area contributed by atoms with Gasteiger partial charge in [-0.15, -0.1) is 0 Å². The standard InChI is InChI=1S/C20H24FN3O/c1-16(20(25)22-19-9-7-18(21)8-10-19)24-13-11-23(12-14-24)15-17-5-3-2-4-6-17/h2-10,16H,11-15H2,1H3,(H,22,25)/p+2/t16-/m0/s1. The molecule has 1 aliphatic rings. The van der Waals surface area contributed by atoms with E-state index in [4.69, 9.17) is 0 Å². The molecule has 2 aromatic rings. The fourth-order valence-corrected chi connectivity index (χ4v) is 3.39. The lowest BCUT2D eigenvalue weighted by atomic mass is 10.1. The molecule has 0 aliphatic carbocycles. The highest BCUT2D eigenvalue weighted by atomic mass is 19.1. The molecule has 1 aliphatic heterocycles. The van der Waals surface area contributed by atoms with Crippen molar-refractivity contribution in [3.05, 3.63) is 66.0 Å². The van der Waals surface area contributed by atoms with E-state index in [1.807, 2.05) is 13.0 Å². The van der Waals surface area contributed by atoms with Gasteiger partial charge in [0, 0.05) is 11.3 Å². The van der Waals surface area contributed by atoms with E-state index in [2.05, 4.69) is 29.6 Å². The molecule has 1 saturated heterocycles. The van der Waals surface area contributed by atoms with Gasteiger partial charge in [0.1, 0.15) is 38.5 Å². The van der Waals surface area contributed by atoms with Crippen molar-refractivity contribution in [3.63, 3.8) is 0 Å². The molecule has 25 heavy (non-hydrogen) atoms. The fourth-order valence-electron chi connectivity index (χ4n) is 3.39. The van der Waals surface area contributed by atoms with Gasteiger partial charge in [0.15, 0.2) is 6.04 Å². The number of anilines is 1. The van der Waals surface area contributed by atoms with Gasteiger partial charge in [-0.1, -0.05) is 30.3 Å². The van der Waals surface area contributed by atoms with Crippen LogP contribution < -0.4 is 15.1 Å². The first-order chi connectivity index (χ1) is 12.1. The molecule has 1 fully saturated rings. The molecule has 0 aromatic heterocycles. The van der Waals surface area contributed by atoms with Crippen LogP contribution in [-0.2, 0) is 11.3 Å². The Balaban J connectivity index is 1.48. The second-order valence-corrected chi connectivity index (χ2v) is 6.79. The maximum atomic E-state index is 12.9. The number of halogens is 1. The largest absolute Gasteiger partial charge is 0.322 e. The summed E-state index contributed by atoms with van der Waals surface area (Å²) in [6, 6.07) is 16.4.